The molecule has 2 N–H and O–H groups in total. The van der Waals surface area contributed by atoms with Gasteiger partial charge in [-0.15, -0.1) is 0 Å². The lowest BCUT2D eigenvalue weighted by atomic mass is 9.98. The van der Waals surface area contributed by atoms with Gasteiger partial charge in [-0.3, -0.25) is 0 Å². The predicted octanol–water partition coefficient (Wildman–Crippen LogP) is 3.32. The molecule has 0 saturated heterocycles. The van der Waals surface area contributed by atoms with Crippen LogP contribution in [0.25, 0.3) is 0 Å². The number of benzene rings is 1. The third-order valence-corrected chi connectivity index (χ3v) is 4.42. The number of nitrogens with one attached hydrogen (secondary N) is 1. The molecular formula is C20H33NO3. The van der Waals surface area contributed by atoms with Crippen molar-refractivity contribution in [2.45, 2.75) is 70.6 Å². The van der Waals surface area contributed by atoms with Gasteiger partial charge >= 0.3 is 0 Å². The zero-order valence-corrected chi connectivity index (χ0v) is 15.2. The number of ether oxygens (including phenoxy) is 2. The van der Waals surface area contributed by atoms with Crippen molar-refractivity contribution in [2.24, 2.45) is 0 Å². The normalized spacial score (nSPS) is 17.2. The predicted molar refractivity (Wildman–Crippen MR) is 97.6 cm³/mol. The summed E-state index contributed by atoms with van der Waals surface area (Å²) in [7, 11) is 0. The van der Waals surface area contributed by atoms with E-state index in [2.05, 4.69) is 31.3 Å². The Morgan fingerprint density at radius 2 is 1.83 bits per heavy atom. The molecule has 1 aliphatic carbocycles. The highest BCUT2D eigenvalue weighted by atomic mass is 16.5. The van der Waals surface area contributed by atoms with E-state index in [0.29, 0.717) is 25.3 Å². The fourth-order valence-corrected chi connectivity index (χ4v) is 2.95. The average molecular weight is 335 g/mol. The number of aliphatic hydroxyl groups is 1. The highest BCUT2D eigenvalue weighted by Crippen LogP contribution is 2.20. The Hall–Kier alpha value is -1.10. The molecule has 24 heavy (non-hydrogen) atoms. The topological polar surface area (TPSA) is 50.7 Å². The molecule has 1 aliphatic rings. The van der Waals surface area contributed by atoms with Crippen molar-refractivity contribution in [3.05, 3.63) is 29.8 Å². The van der Waals surface area contributed by atoms with Gasteiger partial charge in [0.15, 0.2) is 0 Å². The Labute approximate surface area is 146 Å². The van der Waals surface area contributed by atoms with Gasteiger partial charge in [0.25, 0.3) is 0 Å². The van der Waals surface area contributed by atoms with E-state index in [1.54, 1.807) is 0 Å². The van der Waals surface area contributed by atoms with Crippen LogP contribution in [0.2, 0.25) is 0 Å². The number of hydrogen-bond donors (Lipinski definition) is 2. The van der Waals surface area contributed by atoms with Crippen LogP contribution < -0.4 is 10.1 Å². The van der Waals surface area contributed by atoms with Crippen LogP contribution in [0.5, 0.6) is 5.75 Å². The Balaban J connectivity index is 1.63. The van der Waals surface area contributed by atoms with E-state index in [4.69, 9.17) is 9.47 Å². The van der Waals surface area contributed by atoms with Gasteiger partial charge in [-0.05, 0) is 37.0 Å². The van der Waals surface area contributed by atoms with Crippen LogP contribution >= 0.6 is 0 Å². The van der Waals surface area contributed by atoms with Gasteiger partial charge in [0.2, 0.25) is 0 Å². The van der Waals surface area contributed by atoms with Crippen molar-refractivity contribution in [1.29, 1.82) is 0 Å². The lowest BCUT2D eigenvalue weighted by Gasteiger charge is -2.22. The summed E-state index contributed by atoms with van der Waals surface area (Å²) < 4.78 is 11.6. The molecule has 0 aliphatic heterocycles. The highest BCUT2D eigenvalue weighted by Gasteiger charge is 2.13. The first-order valence-corrected chi connectivity index (χ1v) is 9.38. The van der Waals surface area contributed by atoms with Crippen LogP contribution in [0, 0.1) is 0 Å². The summed E-state index contributed by atoms with van der Waals surface area (Å²) in [6, 6.07) is 8.48. The Kier molecular flexibility index (Phi) is 8.57. The minimum Gasteiger partial charge on any atom is -0.491 e. The molecule has 0 bridgehead atoms. The molecule has 1 saturated carbocycles. The van der Waals surface area contributed by atoms with Crippen LogP contribution in [-0.2, 0) is 11.2 Å². The third kappa shape index (κ3) is 7.65. The van der Waals surface area contributed by atoms with Crippen molar-refractivity contribution in [2.75, 3.05) is 19.8 Å². The van der Waals surface area contributed by atoms with Crippen LogP contribution in [0.3, 0.4) is 0 Å². The van der Waals surface area contributed by atoms with Crippen molar-refractivity contribution < 1.29 is 14.6 Å². The van der Waals surface area contributed by atoms with Gasteiger partial charge in [-0.2, -0.15) is 0 Å². The molecule has 1 aromatic carbocycles. The van der Waals surface area contributed by atoms with Crippen molar-refractivity contribution >= 4 is 0 Å². The van der Waals surface area contributed by atoms with E-state index >= 15 is 0 Å². The maximum atomic E-state index is 9.85. The van der Waals surface area contributed by atoms with E-state index in [1.807, 2.05) is 12.1 Å². The summed E-state index contributed by atoms with van der Waals surface area (Å²) in [6.45, 7) is 5.77. The Morgan fingerprint density at radius 3 is 2.50 bits per heavy atom. The Morgan fingerprint density at radius 1 is 1.12 bits per heavy atom. The lowest BCUT2D eigenvalue weighted by Crippen LogP contribution is -2.35. The second kappa shape index (κ2) is 10.7. The smallest absolute Gasteiger partial charge is 0.119 e. The molecule has 0 spiro atoms. The average Bonchev–Trinajstić information content (AvgIpc) is 2.60. The largest absolute Gasteiger partial charge is 0.491 e. The summed E-state index contributed by atoms with van der Waals surface area (Å²) in [5, 5.41) is 13.0. The molecule has 0 aromatic heterocycles. The molecule has 2 rings (SSSR count). The number of hydrogen-bond acceptors (Lipinski definition) is 4. The van der Waals surface area contributed by atoms with Gasteiger partial charge in [-0.25, -0.2) is 0 Å². The fourth-order valence-electron chi connectivity index (χ4n) is 2.95. The van der Waals surface area contributed by atoms with Crippen LogP contribution in [-0.4, -0.2) is 43.1 Å². The molecule has 0 amide bonds. The van der Waals surface area contributed by atoms with Crippen molar-refractivity contribution in [1.82, 2.24) is 5.32 Å². The summed E-state index contributed by atoms with van der Waals surface area (Å²) >= 11 is 0. The fraction of sp³-hybridized carbons (Fsp3) is 0.700. The lowest BCUT2D eigenvalue weighted by molar-refractivity contribution is 0.0303. The summed E-state index contributed by atoms with van der Waals surface area (Å²) in [6.07, 6.45) is 7.37. The van der Waals surface area contributed by atoms with Gasteiger partial charge in [0.1, 0.15) is 18.5 Å². The van der Waals surface area contributed by atoms with Crippen molar-refractivity contribution in [3.8, 4) is 5.75 Å². The van der Waals surface area contributed by atoms with E-state index in [0.717, 1.165) is 18.8 Å². The molecule has 1 fully saturated rings. The molecular weight excluding hydrogens is 302 g/mol. The minimum absolute atomic E-state index is 0.309. The zero-order chi connectivity index (χ0) is 17.2. The van der Waals surface area contributed by atoms with E-state index < -0.39 is 6.10 Å². The second-order valence-corrected chi connectivity index (χ2v) is 7.05. The quantitative estimate of drug-likeness (QED) is 0.689. The molecule has 4 nitrogen and oxygen atoms in total. The SMILES string of the molecule is CC(C)NCC(O)COc1ccc(CCOC2CCCCC2)cc1. The zero-order valence-electron chi connectivity index (χ0n) is 15.2. The highest BCUT2D eigenvalue weighted by molar-refractivity contribution is 5.27. The van der Waals surface area contributed by atoms with Crippen LogP contribution in [0.15, 0.2) is 24.3 Å². The number of aliphatic hydroxyl groups excluding tert-OH is 1. The monoisotopic (exact) mass is 335 g/mol. The van der Waals surface area contributed by atoms with Gasteiger partial charge in [0.05, 0.1) is 12.7 Å². The van der Waals surface area contributed by atoms with Crippen LogP contribution in [0.4, 0.5) is 0 Å². The first-order valence-electron chi connectivity index (χ1n) is 9.38. The van der Waals surface area contributed by atoms with E-state index in [9.17, 15) is 5.11 Å². The maximum absolute atomic E-state index is 9.85. The molecule has 0 heterocycles. The summed E-state index contributed by atoms with van der Waals surface area (Å²) in [5.41, 5.74) is 1.26. The van der Waals surface area contributed by atoms with Crippen LogP contribution in [0.1, 0.15) is 51.5 Å². The molecule has 1 unspecified atom stereocenters. The van der Waals surface area contributed by atoms with E-state index in [-0.39, 0.29) is 0 Å². The molecule has 1 aromatic rings. The Bertz CT molecular complexity index is 441. The standard InChI is InChI=1S/C20H33NO3/c1-16(2)21-14-18(22)15-24-20-10-8-17(9-11-20)12-13-23-19-6-4-3-5-7-19/h8-11,16,18-19,21-22H,3-7,12-15H2,1-2H3. The summed E-state index contributed by atoms with van der Waals surface area (Å²) in [4.78, 5) is 0. The molecule has 0 radical (unpaired) electrons. The summed E-state index contributed by atoms with van der Waals surface area (Å²) in [5.74, 6) is 0.801. The second-order valence-electron chi connectivity index (χ2n) is 7.05. The van der Waals surface area contributed by atoms with Crippen molar-refractivity contribution in [3.63, 3.8) is 0 Å². The van der Waals surface area contributed by atoms with Gasteiger partial charge in [-0.1, -0.05) is 45.2 Å². The molecule has 136 valence electrons. The number of rotatable bonds is 10. The minimum atomic E-state index is -0.490. The van der Waals surface area contributed by atoms with Gasteiger partial charge in [0, 0.05) is 12.6 Å². The van der Waals surface area contributed by atoms with E-state index in [1.165, 1.54) is 37.7 Å². The third-order valence-electron chi connectivity index (χ3n) is 4.42. The molecule has 1 atom stereocenters. The first-order chi connectivity index (χ1) is 11.6. The van der Waals surface area contributed by atoms with Gasteiger partial charge < -0.3 is 19.9 Å². The maximum Gasteiger partial charge on any atom is 0.119 e. The molecule has 4 heteroatoms. The first kappa shape index (κ1) is 19.2.